The second-order valence-electron chi connectivity index (χ2n) is 5.75. The maximum atomic E-state index is 11.8. The summed E-state index contributed by atoms with van der Waals surface area (Å²) in [5, 5.41) is 10.5. The third kappa shape index (κ3) is 5.87. The second-order valence-corrected chi connectivity index (χ2v) is 5.75. The maximum absolute atomic E-state index is 11.8. The van der Waals surface area contributed by atoms with Crippen molar-refractivity contribution >= 4 is 11.9 Å². The number of aromatic nitrogens is 2. The topological polar surface area (TPSA) is 104 Å². The molecule has 0 fully saturated rings. The monoisotopic (exact) mass is 361 g/mol. The Morgan fingerprint density at radius 3 is 2.35 bits per heavy atom. The van der Waals surface area contributed by atoms with Crippen LogP contribution >= 0.6 is 0 Å². The van der Waals surface area contributed by atoms with Gasteiger partial charge in [0, 0.05) is 19.3 Å². The summed E-state index contributed by atoms with van der Waals surface area (Å²) in [6.07, 6.45) is 1.85. The quantitative estimate of drug-likeness (QED) is 0.675. The molecule has 0 aliphatic heterocycles. The van der Waals surface area contributed by atoms with E-state index < -0.39 is 12.0 Å². The number of nitrogens with one attached hydrogen (secondary N) is 1. The molecule has 2 rings (SSSR count). The van der Waals surface area contributed by atoms with Crippen LogP contribution in [0.2, 0.25) is 0 Å². The summed E-state index contributed by atoms with van der Waals surface area (Å²) in [6.45, 7) is 1.56. The molecular formula is C18H23N3O5. The lowest BCUT2D eigenvalue weighted by molar-refractivity contribution is -0.144. The van der Waals surface area contributed by atoms with Crippen molar-refractivity contribution < 1.29 is 23.5 Å². The lowest BCUT2D eigenvalue weighted by Crippen LogP contribution is -2.39. The van der Waals surface area contributed by atoms with Gasteiger partial charge >= 0.3 is 5.97 Å². The van der Waals surface area contributed by atoms with E-state index in [2.05, 4.69) is 20.3 Å². The van der Waals surface area contributed by atoms with Crippen molar-refractivity contribution in [2.24, 2.45) is 0 Å². The first-order chi connectivity index (χ1) is 12.5. The average molecular weight is 361 g/mol. The highest BCUT2D eigenvalue weighted by atomic mass is 16.5. The predicted octanol–water partition coefficient (Wildman–Crippen LogP) is 1.47. The van der Waals surface area contributed by atoms with Gasteiger partial charge in [-0.25, -0.2) is 4.79 Å². The minimum Gasteiger partial charge on any atom is -0.497 e. The van der Waals surface area contributed by atoms with Gasteiger partial charge in [0.15, 0.2) is 0 Å². The minimum atomic E-state index is -0.685. The zero-order valence-corrected chi connectivity index (χ0v) is 15.2. The fraction of sp³-hybridized carbons (Fsp3) is 0.444. The standard InChI is InChI=1S/C18H23N3O5/c1-12(18(23)25-3)19-15(22)9-11-17-21-20-16(26-17)10-6-13-4-7-14(24-2)8-5-13/h4-5,7-8,12H,6,9-11H2,1-3H3,(H,19,22)/t12-/m1/s1. The molecule has 0 radical (unpaired) electrons. The van der Waals surface area contributed by atoms with Crippen LogP contribution in [0.3, 0.4) is 0 Å². The van der Waals surface area contributed by atoms with Crippen molar-refractivity contribution in [3.05, 3.63) is 41.6 Å². The van der Waals surface area contributed by atoms with Crippen LogP contribution in [0.4, 0.5) is 0 Å². The molecule has 2 aromatic rings. The molecular weight excluding hydrogens is 338 g/mol. The highest BCUT2D eigenvalue weighted by Gasteiger charge is 2.16. The van der Waals surface area contributed by atoms with Gasteiger partial charge in [-0.1, -0.05) is 12.1 Å². The Kier molecular flexibility index (Phi) is 7.13. The van der Waals surface area contributed by atoms with E-state index in [-0.39, 0.29) is 12.3 Å². The van der Waals surface area contributed by atoms with Crippen molar-refractivity contribution in [2.45, 2.75) is 38.6 Å². The Balaban J connectivity index is 1.76. The highest BCUT2D eigenvalue weighted by molar-refractivity contribution is 5.84. The summed E-state index contributed by atoms with van der Waals surface area (Å²) in [4.78, 5) is 23.1. The molecule has 0 unspecified atom stereocenters. The van der Waals surface area contributed by atoms with Gasteiger partial charge in [-0.3, -0.25) is 4.79 Å². The first-order valence-electron chi connectivity index (χ1n) is 8.33. The molecule has 0 spiro atoms. The number of rotatable bonds is 9. The summed E-state index contributed by atoms with van der Waals surface area (Å²) >= 11 is 0. The SMILES string of the molecule is COC(=O)[C@@H](C)NC(=O)CCc1nnc(CCc2ccc(OC)cc2)o1. The third-order valence-corrected chi connectivity index (χ3v) is 3.79. The number of amides is 1. The largest absolute Gasteiger partial charge is 0.497 e. The van der Waals surface area contributed by atoms with Gasteiger partial charge in [0.05, 0.1) is 14.2 Å². The zero-order valence-electron chi connectivity index (χ0n) is 15.2. The zero-order chi connectivity index (χ0) is 18.9. The van der Waals surface area contributed by atoms with E-state index in [0.29, 0.717) is 24.6 Å². The van der Waals surface area contributed by atoms with E-state index in [9.17, 15) is 9.59 Å². The molecule has 1 atom stereocenters. The van der Waals surface area contributed by atoms with Crippen molar-refractivity contribution in [1.82, 2.24) is 15.5 Å². The number of nitrogens with zero attached hydrogens (tertiary/aromatic N) is 2. The summed E-state index contributed by atoms with van der Waals surface area (Å²) in [7, 11) is 2.91. The fourth-order valence-corrected chi connectivity index (χ4v) is 2.30. The van der Waals surface area contributed by atoms with Gasteiger partial charge in [0.2, 0.25) is 17.7 Å². The summed E-state index contributed by atoms with van der Waals surface area (Å²) < 4.78 is 15.2. The number of esters is 1. The summed E-state index contributed by atoms with van der Waals surface area (Å²) in [5.74, 6) is 0.973. The van der Waals surface area contributed by atoms with E-state index in [1.54, 1.807) is 14.0 Å². The lowest BCUT2D eigenvalue weighted by atomic mass is 10.1. The molecule has 1 aromatic heterocycles. The summed E-state index contributed by atoms with van der Waals surface area (Å²) in [5.41, 5.74) is 1.14. The smallest absolute Gasteiger partial charge is 0.328 e. The first kappa shape index (κ1) is 19.4. The van der Waals surface area contributed by atoms with E-state index in [4.69, 9.17) is 9.15 Å². The maximum Gasteiger partial charge on any atom is 0.328 e. The Labute approximate surface area is 151 Å². The molecule has 0 saturated carbocycles. The number of carbonyl (C=O) groups is 2. The highest BCUT2D eigenvalue weighted by Crippen LogP contribution is 2.13. The van der Waals surface area contributed by atoms with Crippen LogP contribution in [-0.4, -0.2) is 42.3 Å². The van der Waals surface area contributed by atoms with Crippen molar-refractivity contribution in [1.29, 1.82) is 0 Å². The molecule has 8 heteroatoms. The number of hydrogen-bond donors (Lipinski definition) is 1. The van der Waals surface area contributed by atoms with Crippen LogP contribution in [0.5, 0.6) is 5.75 Å². The molecule has 1 heterocycles. The van der Waals surface area contributed by atoms with Crippen LogP contribution in [0.1, 0.15) is 30.7 Å². The third-order valence-electron chi connectivity index (χ3n) is 3.79. The minimum absolute atomic E-state index is 0.154. The lowest BCUT2D eigenvalue weighted by Gasteiger charge is -2.10. The van der Waals surface area contributed by atoms with Crippen LogP contribution < -0.4 is 10.1 Å². The van der Waals surface area contributed by atoms with E-state index in [1.807, 2.05) is 24.3 Å². The van der Waals surface area contributed by atoms with Gasteiger partial charge in [-0.15, -0.1) is 10.2 Å². The number of ether oxygens (including phenoxy) is 2. The normalized spacial score (nSPS) is 11.7. The van der Waals surface area contributed by atoms with E-state index in [0.717, 1.165) is 17.7 Å². The van der Waals surface area contributed by atoms with Crippen LogP contribution in [0.15, 0.2) is 28.7 Å². The molecule has 0 saturated heterocycles. The Bertz CT molecular complexity index is 727. The molecule has 1 amide bonds. The number of aryl methyl sites for hydroxylation is 3. The summed E-state index contributed by atoms with van der Waals surface area (Å²) in [6, 6.07) is 7.10. The van der Waals surface area contributed by atoms with Crippen LogP contribution in [-0.2, 0) is 33.6 Å². The molecule has 8 nitrogen and oxygen atoms in total. The second kappa shape index (κ2) is 9.55. The molecule has 0 aliphatic rings. The van der Waals surface area contributed by atoms with Crippen LogP contribution in [0.25, 0.3) is 0 Å². The number of carbonyl (C=O) groups excluding carboxylic acids is 2. The molecule has 1 aromatic carbocycles. The van der Waals surface area contributed by atoms with E-state index >= 15 is 0 Å². The van der Waals surface area contributed by atoms with Gasteiger partial charge in [-0.05, 0) is 31.0 Å². The van der Waals surface area contributed by atoms with Gasteiger partial charge in [0.25, 0.3) is 0 Å². The van der Waals surface area contributed by atoms with Crippen molar-refractivity contribution in [3.63, 3.8) is 0 Å². The predicted molar refractivity (Wildman–Crippen MR) is 92.6 cm³/mol. The molecule has 0 bridgehead atoms. The van der Waals surface area contributed by atoms with E-state index in [1.165, 1.54) is 7.11 Å². The molecule has 140 valence electrons. The van der Waals surface area contributed by atoms with Crippen molar-refractivity contribution in [3.8, 4) is 5.75 Å². The molecule has 0 aliphatic carbocycles. The van der Waals surface area contributed by atoms with Crippen molar-refractivity contribution in [2.75, 3.05) is 14.2 Å². The Morgan fingerprint density at radius 2 is 1.73 bits per heavy atom. The van der Waals surface area contributed by atoms with Gasteiger partial charge < -0.3 is 19.2 Å². The molecule has 26 heavy (non-hydrogen) atoms. The fourth-order valence-electron chi connectivity index (χ4n) is 2.30. The van der Waals surface area contributed by atoms with Crippen LogP contribution in [0, 0.1) is 0 Å². The first-order valence-corrected chi connectivity index (χ1v) is 8.33. The average Bonchev–Trinajstić information content (AvgIpc) is 3.12. The number of benzene rings is 1. The Hall–Kier alpha value is -2.90. The van der Waals surface area contributed by atoms with Gasteiger partial charge in [0.1, 0.15) is 11.8 Å². The Morgan fingerprint density at radius 1 is 1.08 bits per heavy atom. The number of hydrogen-bond acceptors (Lipinski definition) is 7. The van der Waals surface area contributed by atoms with Gasteiger partial charge in [-0.2, -0.15) is 0 Å². The molecule has 1 N–H and O–H groups in total. The number of methoxy groups -OCH3 is 2.